The third kappa shape index (κ3) is 2.73. The Morgan fingerprint density at radius 1 is 1.40 bits per heavy atom. The van der Waals surface area contributed by atoms with Crippen LogP contribution in [0.25, 0.3) is 11.3 Å². The van der Waals surface area contributed by atoms with Crippen LogP contribution in [0.5, 0.6) is 0 Å². The van der Waals surface area contributed by atoms with E-state index in [1.807, 2.05) is 37.3 Å². The third-order valence-corrected chi connectivity index (χ3v) is 4.37. The average molecular weight is 287 g/mol. The maximum Gasteiger partial charge on any atom is 0.263 e. The van der Waals surface area contributed by atoms with Crippen LogP contribution in [-0.4, -0.2) is 30.5 Å². The van der Waals surface area contributed by atoms with Gasteiger partial charge in [-0.1, -0.05) is 30.3 Å². The molecule has 0 unspecified atom stereocenters. The molecule has 0 bridgehead atoms. The second kappa shape index (κ2) is 5.73. The first-order valence-electron chi connectivity index (χ1n) is 6.76. The molecule has 4 nitrogen and oxygen atoms in total. The zero-order valence-corrected chi connectivity index (χ0v) is 12.2. The highest BCUT2D eigenvalue weighted by molar-refractivity contribution is 7.14. The molecule has 1 aromatic heterocycles. The summed E-state index contributed by atoms with van der Waals surface area (Å²) in [5.41, 5.74) is 1.78. The Kier molecular flexibility index (Phi) is 3.80. The van der Waals surface area contributed by atoms with Gasteiger partial charge >= 0.3 is 0 Å². The number of nitrogens with zero attached hydrogens (tertiary/aromatic N) is 1. The molecule has 1 saturated heterocycles. The van der Waals surface area contributed by atoms with Crippen molar-refractivity contribution in [1.82, 2.24) is 15.6 Å². The summed E-state index contributed by atoms with van der Waals surface area (Å²) in [6.07, 6.45) is 0. The number of benzene rings is 1. The molecule has 20 heavy (non-hydrogen) atoms. The van der Waals surface area contributed by atoms with E-state index in [1.165, 1.54) is 11.3 Å². The monoisotopic (exact) mass is 287 g/mol. The van der Waals surface area contributed by atoms with Gasteiger partial charge in [0.05, 0.1) is 10.7 Å². The Balaban J connectivity index is 1.80. The van der Waals surface area contributed by atoms with Gasteiger partial charge in [0.25, 0.3) is 5.91 Å². The predicted octanol–water partition coefficient (Wildman–Crippen LogP) is 2.07. The summed E-state index contributed by atoms with van der Waals surface area (Å²) in [7, 11) is 0. The van der Waals surface area contributed by atoms with Gasteiger partial charge in [0.1, 0.15) is 4.88 Å². The summed E-state index contributed by atoms with van der Waals surface area (Å²) in [5.74, 6) is 0.550. The summed E-state index contributed by atoms with van der Waals surface area (Å²) in [6, 6.07) is 9.87. The lowest BCUT2D eigenvalue weighted by atomic mass is 10.0. The van der Waals surface area contributed by atoms with Crippen LogP contribution in [0.1, 0.15) is 14.7 Å². The molecule has 1 fully saturated rings. The van der Waals surface area contributed by atoms with E-state index in [9.17, 15) is 4.79 Å². The Morgan fingerprint density at radius 3 is 2.80 bits per heavy atom. The Bertz CT molecular complexity index is 605. The van der Waals surface area contributed by atoms with E-state index in [1.54, 1.807) is 0 Å². The van der Waals surface area contributed by atoms with E-state index >= 15 is 0 Å². The van der Waals surface area contributed by atoms with Crippen molar-refractivity contribution in [2.75, 3.05) is 19.6 Å². The van der Waals surface area contributed by atoms with Crippen LogP contribution in [0.2, 0.25) is 0 Å². The first-order valence-corrected chi connectivity index (χ1v) is 7.57. The molecule has 2 heterocycles. The Hall–Kier alpha value is -1.72. The van der Waals surface area contributed by atoms with Gasteiger partial charge in [0.15, 0.2) is 0 Å². The van der Waals surface area contributed by atoms with Crippen LogP contribution in [0, 0.1) is 12.8 Å². The average Bonchev–Trinajstić information content (AvgIpc) is 2.80. The van der Waals surface area contributed by atoms with E-state index < -0.39 is 0 Å². The number of carbonyl (C=O) groups excluding carboxylic acids is 1. The van der Waals surface area contributed by atoms with Gasteiger partial charge in [0, 0.05) is 31.1 Å². The number of hydrogen-bond donors (Lipinski definition) is 2. The molecule has 1 aliphatic heterocycles. The number of aromatic nitrogens is 1. The highest BCUT2D eigenvalue weighted by Crippen LogP contribution is 2.27. The molecule has 1 aromatic carbocycles. The minimum Gasteiger partial charge on any atom is -0.351 e. The van der Waals surface area contributed by atoms with Crippen molar-refractivity contribution in [2.24, 2.45) is 5.92 Å². The highest BCUT2D eigenvalue weighted by Gasteiger charge is 2.21. The summed E-state index contributed by atoms with van der Waals surface area (Å²) in [5, 5.41) is 7.14. The van der Waals surface area contributed by atoms with Gasteiger partial charge in [0.2, 0.25) is 0 Å². The van der Waals surface area contributed by atoms with E-state index in [0.717, 1.165) is 35.9 Å². The topological polar surface area (TPSA) is 54.0 Å². The number of rotatable bonds is 4. The Labute approximate surface area is 122 Å². The predicted molar refractivity (Wildman–Crippen MR) is 81.0 cm³/mol. The van der Waals surface area contributed by atoms with Crippen molar-refractivity contribution in [3.63, 3.8) is 0 Å². The number of carbonyl (C=O) groups is 1. The largest absolute Gasteiger partial charge is 0.351 e. The molecule has 0 radical (unpaired) electrons. The van der Waals surface area contributed by atoms with Crippen molar-refractivity contribution in [2.45, 2.75) is 6.92 Å². The zero-order valence-electron chi connectivity index (χ0n) is 11.3. The van der Waals surface area contributed by atoms with Crippen molar-refractivity contribution in [3.8, 4) is 11.3 Å². The smallest absolute Gasteiger partial charge is 0.263 e. The van der Waals surface area contributed by atoms with Crippen LogP contribution < -0.4 is 10.6 Å². The van der Waals surface area contributed by atoms with Gasteiger partial charge in [-0.3, -0.25) is 4.79 Å². The highest BCUT2D eigenvalue weighted by atomic mass is 32.1. The summed E-state index contributed by atoms with van der Waals surface area (Å²) >= 11 is 1.46. The van der Waals surface area contributed by atoms with E-state index in [-0.39, 0.29) is 5.91 Å². The molecule has 1 aliphatic rings. The molecule has 2 aromatic rings. The first kappa shape index (κ1) is 13.3. The maximum atomic E-state index is 12.3. The molecular weight excluding hydrogens is 270 g/mol. The zero-order chi connectivity index (χ0) is 13.9. The number of hydrogen-bond acceptors (Lipinski definition) is 4. The molecule has 0 spiro atoms. The molecular formula is C15H17N3OS. The summed E-state index contributed by atoms with van der Waals surface area (Å²) in [4.78, 5) is 17.6. The third-order valence-electron chi connectivity index (χ3n) is 3.40. The minimum atomic E-state index is -0.0126. The standard InChI is InChI=1S/C15H17N3OS/c1-10-18-13(12-5-3-2-4-6-12)14(20-10)15(19)17-9-11-7-16-8-11/h2-6,11,16H,7-9H2,1H3,(H,17,19). The van der Waals surface area contributed by atoms with Gasteiger partial charge in [-0.25, -0.2) is 4.98 Å². The van der Waals surface area contributed by atoms with E-state index in [2.05, 4.69) is 15.6 Å². The molecule has 3 rings (SSSR count). The fourth-order valence-corrected chi connectivity index (χ4v) is 3.04. The lowest BCUT2D eigenvalue weighted by molar-refractivity contribution is 0.0946. The van der Waals surface area contributed by atoms with Crippen LogP contribution in [-0.2, 0) is 0 Å². The van der Waals surface area contributed by atoms with Gasteiger partial charge in [-0.15, -0.1) is 11.3 Å². The molecule has 1 amide bonds. The second-order valence-electron chi connectivity index (χ2n) is 5.01. The second-order valence-corrected chi connectivity index (χ2v) is 6.21. The number of nitrogens with one attached hydrogen (secondary N) is 2. The van der Waals surface area contributed by atoms with Crippen LogP contribution in [0.15, 0.2) is 30.3 Å². The van der Waals surface area contributed by atoms with Crippen LogP contribution in [0.3, 0.4) is 0 Å². The molecule has 0 aliphatic carbocycles. The van der Waals surface area contributed by atoms with Crippen molar-refractivity contribution in [1.29, 1.82) is 0 Å². The number of thiazole rings is 1. The van der Waals surface area contributed by atoms with E-state index in [0.29, 0.717) is 10.8 Å². The van der Waals surface area contributed by atoms with Crippen molar-refractivity contribution >= 4 is 17.2 Å². The molecule has 0 atom stereocenters. The lowest BCUT2D eigenvalue weighted by Crippen LogP contribution is -2.48. The van der Waals surface area contributed by atoms with Gasteiger partial charge in [-0.05, 0) is 6.92 Å². The molecule has 0 saturated carbocycles. The van der Waals surface area contributed by atoms with Crippen molar-refractivity contribution < 1.29 is 4.79 Å². The summed E-state index contributed by atoms with van der Waals surface area (Å²) in [6.45, 7) is 4.65. The number of aryl methyl sites for hydroxylation is 1. The van der Waals surface area contributed by atoms with Crippen molar-refractivity contribution in [3.05, 3.63) is 40.2 Å². The summed E-state index contributed by atoms with van der Waals surface area (Å²) < 4.78 is 0. The first-order chi connectivity index (χ1) is 9.74. The van der Waals surface area contributed by atoms with Crippen LogP contribution >= 0.6 is 11.3 Å². The lowest BCUT2D eigenvalue weighted by Gasteiger charge is -2.26. The van der Waals surface area contributed by atoms with E-state index in [4.69, 9.17) is 0 Å². The molecule has 5 heteroatoms. The quantitative estimate of drug-likeness (QED) is 0.905. The normalized spacial score (nSPS) is 14.8. The molecule has 2 N–H and O–H groups in total. The van der Waals surface area contributed by atoms with Gasteiger partial charge in [-0.2, -0.15) is 0 Å². The van der Waals surface area contributed by atoms with Crippen LogP contribution in [0.4, 0.5) is 0 Å². The van der Waals surface area contributed by atoms with Gasteiger partial charge < -0.3 is 10.6 Å². The Morgan fingerprint density at radius 2 is 2.15 bits per heavy atom. The fourth-order valence-electron chi connectivity index (χ4n) is 2.18. The minimum absolute atomic E-state index is 0.0126. The maximum absolute atomic E-state index is 12.3. The fraction of sp³-hybridized carbons (Fsp3) is 0.333. The molecule has 104 valence electrons. The SMILES string of the molecule is Cc1nc(-c2ccccc2)c(C(=O)NCC2CNC2)s1. The number of amides is 1.